The normalized spacial score (nSPS) is 17.6. The smallest absolute Gasteiger partial charge is 0.288 e. The van der Waals surface area contributed by atoms with Crippen LogP contribution in [0.2, 0.25) is 40.2 Å². The van der Waals surface area contributed by atoms with Gasteiger partial charge in [0.2, 0.25) is 11.8 Å². The molecule has 0 aliphatic carbocycles. The average molecular weight is 1890 g/mol. The summed E-state index contributed by atoms with van der Waals surface area (Å²) in [6, 6.07) is 54.2. The number of rotatable bonds is 20. The summed E-state index contributed by atoms with van der Waals surface area (Å²) < 4.78 is 4.67. The molecule has 0 saturated heterocycles. The number of imide groups is 2. The van der Waals surface area contributed by atoms with E-state index >= 15 is 0 Å². The van der Waals surface area contributed by atoms with Crippen molar-refractivity contribution in [2.75, 3.05) is 7.11 Å². The highest BCUT2D eigenvalue weighted by molar-refractivity contribution is 7.07. The van der Waals surface area contributed by atoms with E-state index in [-0.39, 0.29) is 54.9 Å². The molecular formula is C96H87Cl8N11O11S. The van der Waals surface area contributed by atoms with Gasteiger partial charge in [-0.25, -0.2) is 4.98 Å². The minimum absolute atomic E-state index is 0.109. The largest absolute Gasteiger partial charge is 0.468 e. The van der Waals surface area contributed by atoms with Gasteiger partial charge in [-0.3, -0.25) is 59.3 Å². The zero-order valence-electron chi connectivity index (χ0n) is 70.9. The number of ether oxygens (including phenoxy) is 1. The van der Waals surface area contributed by atoms with Gasteiger partial charge in [0.15, 0.2) is 28.2 Å². The summed E-state index contributed by atoms with van der Waals surface area (Å²) in [6.45, 7) is 18.6. The maximum atomic E-state index is 13.4. The number of ketones is 1. The van der Waals surface area contributed by atoms with Crippen LogP contribution in [0.4, 0.5) is 0 Å². The molecule has 15 rings (SSSR count). The second-order valence-corrected chi connectivity index (χ2v) is 35.7. The number of aromatic nitrogens is 3. The number of amides is 5. The first-order chi connectivity index (χ1) is 60.4. The van der Waals surface area contributed by atoms with Crippen molar-refractivity contribution in [2.24, 2.45) is 20.6 Å². The standard InChI is InChI=1S/C27H25Cl2N3O3.C25H22Cl2N2O2.C24H21Cl2N3O3S.C20H19Cl2N3O3/c1-4-25(33)32(16-22-7-5-6-10-30-22)26(34)23-9-8-18(11-17(23)2)24-15-27(3,35-31-24)19-12-20(28)14-21(29)13-19;1-16-11-17(6-8-22(16)24(30)9-7-21-5-3-4-10-28-21)23-15-25(2,31-29-23)18-12-19(26)14-20(27)13-18;1-14-6-16(22-10-24(3,32-28-22)17-7-18(25)9-19(26)8-17)4-5-21(14)23(31)29(15(2)30)11-20-12-33-13-27-20;1-11-6-12(4-5-16(11)18(26)24-19(23)27-3)17-10-20(2,28-25-17)13-7-14(21)9-15(22)8-13/h5-14H,4,15-16H2,1-3H3;3-6,8,10-14H,7,9,15H2,1-2H3;4-9,12-13H,10-11H2,1-3H3;4-9H,10H2,1-3H3,(H2,23,24,26). The third-order valence-electron chi connectivity index (χ3n) is 21.7. The molecule has 0 saturated carbocycles. The molecule has 31 heteroatoms. The van der Waals surface area contributed by atoms with Gasteiger partial charge in [-0.15, -0.1) is 11.3 Å². The number of hydrogen-bond acceptors (Lipinski definition) is 20. The van der Waals surface area contributed by atoms with E-state index in [4.69, 9.17) is 118 Å². The predicted octanol–water partition coefficient (Wildman–Crippen LogP) is 23.5. The molecule has 22 nitrogen and oxygen atoms in total. The van der Waals surface area contributed by atoms with Crippen LogP contribution in [0.1, 0.15) is 205 Å². The molecule has 0 bridgehead atoms. The van der Waals surface area contributed by atoms with E-state index in [2.05, 4.69) is 45.6 Å². The van der Waals surface area contributed by atoms with Crippen LogP contribution >= 0.6 is 104 Å². The summed E-state index contributed by atoms with van der Waals surface area (Å²) in [4.78, 5) is 114. The van der Waals surface area contributed by atoms with E-state index in [1.165, 1.54) is 35.2 Å². The molecule has 7 heterocycles. The van der Waals surface area contributed by atoms with Gasteiger partial charge in [0.25, 0.3) is 23.7 Å². The lowest BCUT2D eigenvalue weighted by Crippen LogP contribution is -2.36. The number of amidine groups is 1. The second-order valence-electron chi connectivity index (χ2n) is 31.5. The quantitative estimate of drug-likeness (QED) is 0.0408. The molecule has 4 aliphatic rings. The molecule has 127 heavy (non-hydrogen) atoms. The molecule has 2 N–H and O–H groups in total. The summed E-state index contributed by atoms with van der Waals surface area (Å²) in [7, 11) is 1.32. The minimum Gasteiger partial charge on any atom is -0.468 e. The van der Waals surface area contributed by atoms with E-state index in [1.807, 2.05) is 182 Å². The molecular weight excluding hydrogens is 1800 g/mol. The Labute approximate surface area is 779 Å². The number of nitrogens with one attached hydrogen (secondary N) is 2. The Kier molecular flexibility index (Phi) is 30.8. The van der Waals surface area contributed by atoms with Crippen molar-refractivity contribution in [1.29, 1.82) is 5.41 Å². The number of halogens is 8. The fourth-order valence-electron chi connectivity index (χ4n) is 14.6. The maximum Gasteiger partial charge on any atom is 0.288 e. The topological polar surface area (TPSA) is 279 Å². The molecule has 0 fully saturated rings. The third kappa shape index (κ3) is 23.6. The first-order valence-corrected chi connectivity index (χ1v) is 44.0. The van der Waals surface area contributed by atoms with Crippen molar-refractivity contribution in [2.45, 2.75) is 150 Å². The number of carbonyl (C=O) groups excluding carboxylic acids is 6. The van der Waals surface area contributed by atoms with Gasteiger partial charge in [0.1, 0.15) is 0 Å². The molecule has 4 atom stereocenters. The summed E-state index contributed by atoms with van der Waals surface area (Å²) in [5, 5.41) is 33.1. The van der Waals surface area contributed by atoms with Crippen LogP contribution in [-0.4, -0.2) is 96.0 Å². The zero-order valence-corrected chi connectivity index (χ0v) is 77.8. The van der Waals surface area contributed by atoms with Gasteiger partial charge in [-0.2, -0.15) is 0 Å². The summed E-state index contributed by atoms with van der Waals surface area (Å²) in [5.41, 5.74) is 16.4. The number of oxime groups is 4. The number of aryl methyl sites for hydroxylation is 5. The van der Waals surface area contributed by atoms with Crippen LogP contribution in [0.25, 0.3) is 0 Å². The highest BCUT2D eigenvalue weighted by Gasteiger charge is 2.42. The number of carbonyl (C=O) groups is 6. The van der Waals surface area contributed by atoms with Crippen molar-refractivity contribution < 1.29 is 52.9 Å². The fraction of sp³-hybridized carbons (Fsp3) is 0.250. The Hall–Kier alpha value is -11.2. The van der Waals surface area contributed by atoms with Crippen LogP contribution < -0.4 is 5.32 Å². The van der Waals surface area contributed by atoms with Crippen LogP contribution in [0.3, 0.4) is 0 Å². The third-order valence-corrected chi connectivity index (χ3v) is 24.1. The Morgan fingerprint density at radius 3 is 1.09 bits per heavy atom. The first kappa shape index (κ1) is 94.9. The molecule has 654 valence electrons. The summed E-state index contributed by atoms with van der Waals surface area (Å²) in [5.74, 6) is -1.59. The number of nitrogens with zero attached hydrogens (tertiary/aromatic N) is 9. The molecule has 4 unspecified atom stereocenters. The van der Waals surface area contributed by atoms with Crippen LogP contribution in [0, 0.1) is 33.1 Å². The van der Waals surface area contributed by atoms with Crippen molar-refractivity contribution in [1.82, 2.24) is 30.1 Å². The Balaban J connectivity index is 0.000000154. The lowest BCUT2D eigenvalue weighted by molar-refractivity contribution is -0.129. The number of hydrogen-bond donors (Lipinski definition) is 2. The van der Waals surface area contributed by atoms with Gasteiger partial charge in [-0.05, 0) is 246 Å². The lowest BCUT2D eigenvalue weighted by atomic mass is 9.88. The van der Waals surface area contributed by atoms with E-state index in [0.29, 0.717) is 107 Å². The highest BCUT2D eigenvalue weighted by Crippen LogP contribution is 2.44. The van der Waals surface area contributed by atoms with Gasteiger partial charge in [-0.1, -0.05) is 163 Å². The lowest BCUT2D eigenvalue weighted by Gasteiger charge is -2.22. The van der Waals surface area contributed by atoms with E-state index in [1.54, 1.807) is 85.5 Å². The SMILES string of the molecule is CC(=O)N(Cc1cscn1)C(=O)c1ccc(C2=NOC(C)(c3cc(Cl)cc(Cl)c3)C2)cc1C.CCC(=O)N(Cc1ccccn1)C(=O)c1ccc(C2=NOC(C)(c3cc(Cl)cc(Cl)c3)C2)cc1C.COC(=N)NC(=O)c1ccc(C2=NOC(C)(c3cc(Cl)cc(Cl)c3)C2)cc1C.Cc1cc(C2=NOC(C)(c3cc(Cl)cc(Cl)c3)C2)ccc1C(=O)CCc1ccccn1. The van der Waals surface area contributed by atoms with Crippen molar-refractivity contribution in [3.8, 4) is 0 Å². The molecule has 0 spiro atoms. The Morgan fingerprint density at radius 1 is 0.441 bits per heavy atom. The van der Waals surface area contributed by atoms with Gasteiger partial charge in [0.05, 0.1) is 59.9 Å². The van der Waals surface area contributed by atoms with Gasteiger partial charge < -0.3 is 24.1 Å². The minimum atomic E-state index is -0.709. The second kappa shape index (κ2) is 41.3. The van der Waals surface area contributed by atoms with E-state index in [0.717, 1.165) is 101 Å². The van der Waals surface area contributed by atoms with Crippen molar-refractivity contribution in [3.05, 3.63) is 352 Å². The number of thiazole rings is 1. The van der Waals surface area contributed by atoms with Crippen LogP contribution in [0.5, 0.6) is 0 Å². The van der Waals surface area contributed by atoms with E-state index < -0.39 is 28.3 Å². The molecule has 11 aromatic rings. The van der Waals surface area contributed by atoms with Gasteiger partial charge >= 0.3 is 0 Å². The number of Topliss-reactive ketones (excluding diaryl/α,β-unsaturated/α-hetero) is 1. The number of benzene rings is 8. The predicted molar refractivity (Wildman–Crippen MR) is 500 cm³/mol. The van der Waals surface area contributed by atoms with Gasteiger partial charge in [0, 0.05) is 154 Å². The molecule has 0 radical (unpaired) electrons. The highest BCUT2D eigenvalue weighted by atomic mass is 35.5. The van der Waals surface area contributed by atoms with Crippen molar-refractivity contribution in [3.63, 3.8) is 0 Å². The maximum absolute atomic E-state index is 13.4. The molecule has 4 aliphatic heterocycles. The molecule has 8 aromatic carbocycles. The Morgan fingerprint density at radius 2 is 0.780 bits per heavy atom. The van der Waals surface area contributed by atoms with Crippen molar-refractivity contribution >= 4 is 168 Å². The van der Waals surface area contributed by atoms with Crippen LogP contribution in [0.15, 0.2) is 226 Å². The molecule has 3 aromatic heterocycles. The summed E-state index contributed by atoms with van der Waals surface area (Å²) >= 11 is 50.7. The van der Waals surface area contributed by atoms with E-state index in [9.17, 15) is 28.8 Å². The average Bonchev–Trinajstić information content (AvgIpc) is 1.67. The Bertz CT molecular complexity index is 6120. The fourth-order valence-corrected chi connectivity index (χ4v) is 17.3. The number of pyridine rings is 2. The van der Waals surface area contributed by atoms with Crippen LogP contribution in [-0.2, 0) is 75.6 Å². The molecule has 5 amide bonds. The first-order valence-electron chi connectivity index (χ1n) is 40.0. The monoisotopic (exact) mass is 1880 g/mol. The zero-order chi connectivity index (χ0) is 91.4. The number of methoxy groups -OCH3 is 1. The summed E-state index contributed by atoms with van der Waals surface area (Å²) in [6.07, 6.45) is 6.79.